The van der Waals surface area contributed by atoms with Gasteiger partial charge in [-0.1, -0.05) is 86.3 Å². The minimum Gasteiger partial charge on any atom is -0.488 e. The lowest BCUT2D eigenvalue weighted by Gasteiger charge is -2.16. The van der Waals surface area contributed by atoms with Crippen LogP contribution in [-0.2, 0) is 13.2 Å². The molecule has 0 atom stereocenters. The summed E-state index contributed by atoms with van der Waals surface area (Å²) in [5.41, 5.74) is 2.22. The summed E-state index contributed by atoms with van der Waals surface area (Å²) in [5.74, 6) is 0.926. The van der Waals surface area contributed by atoms with Gasteiger partial charge in [0.15, 0.2) is 0 Å². The first-order valence-electron chi connectivity index (χ1n) is 9.87. The van der Waals surface area contributed by atoms with Crippen LogP contribution in [0.4, 0.5) is 0 Å². The van der Waals surface area contributed by atoms with Gasteiger partial charge < -0.3 is 10.1 Å². The Labute approximate surface area is 179 Å². The van der Waals surface area contributed by atoms with Crippen molar-refractivity contribution >= 4 is 34.8 Å². The zero-order valence-corrected chi connectivity index (χ0v) is 18.0. The molecule has 28 heavy (non-hydrogen) atoms. The molecular formula is C24H29Cl2NO. The first-order valence-corrected chi connectivity index (χ1v) is 10.2. The van der Waals surface area contributed by atoms with E-state index in [9.17, 15) is 0 Å². The summed E-state index contributed by atoms with van der Waals surface area (Å²) in [5, 5.41) is 6.83. The topological polar surface area (TPSA) is 21.3 Å². The number of rotatable bonds is 10. The van der Waals surface area contributed by atoms with E-state index in [2.05, 4.69) is 48.6 Å². The molecule has 0 fully saturated rings. The summed E-state index contributed by atoms with van der Waals surface area (Å²) in [6.07, 6.45) is 5.08. The Hall–Kier alpha value is -1.74. The van der Waals surface area contributed by atoms with Crippen LogP contribution in [-0.4, -0.2) is 6.54 Å². The second-order valence-corrected chi connectivity index (χ2v) is 7.29. The number of hydrogen-bond acceptors (Lipinski definition) is 2. The normalized spacial score (nSPS) is 10.6. The standard InChI is InChI=1S/C24H28ClNO.ClH/c1-2-3-4-9-16-26-17-22-21-12-7-5-10-19(21)14-15-24(22)27-18-20-11-6-8-13-23(20)25;/h5-8,10-15,26H,2-4,9,16-18H2,1H3;1H. The molecule has 1 N–H and O–H groups in total. The van der Waals surface area contributed by atoms with E-state index >= 15 is 0 Å². The largest absolute Gasteiger partial charge is 0.488 e. The van der Waals surface area contributed by atoms with Crippen LogP contribution in [0.5, 0.6) is 5.75 Å². The monoisotopic (exact) mass is 417 g/mol. The molecule has 0 unspecified atom stereocenters. The molecule has 0 saturated heterocycles. The third-order valence-corrected chi connectivity index (χ3v) is 5.22. The SMILES string of the molecule is CCCCCCNCc1c(OCc2ccccc2Cl)ccc2ccccc12.Cl. The molecule has 3 aromatic carbocycles. The Morgan fingerprint density at radius 1 is 0.893 bits per heavy atom. The lowest BCUT2D eigenvalue weighted by molar-refractivity contribution is 0.303. The molecule has 0 amide bonds. The number of nitrogens with one attached hydrogen (secondary N) is 1. The maximum Gasteiger partial charge on any atom is 0.124 e. The van der Waals surface area contributed by atoms with Crippen molar-refractivity contribution in [2.45, 2.75) is 45.8 Å². The molecule has 0 spiro atoms. The minimum absolute atomic E-state index is 0. The second kappa shape index (κ2) is 12.0. The first kappa shape index (κ1) is 22.5. The molecule has 0 heterocycles. The highest BCUT2D eigenvalue weighted by Crippen LogP contribution is 2.29. The van der Waals surface area contributed by atoms with Crippen LogP contribution in [0.1, 0.15) is 43.7 Å². The highest BCUT2D eigenvalue weighted by molar-refractivity contribution is 6.31. The number of benzene rings is 3. The average molecular weight is 418 g/mol. The summed E-state index contributed by atoms with van der Waals surface area (Å²) < 4.78 is 6.18. The van der Waals surface area contributed by atoms with E-state index < -0.39 is 0 Å². The van der Waals surface area contributed by atoms with E-state index in [0.717, 1.165) is 29.4 Å². The molecular weight excluding hydrogens is 389 g/mol. The van der Waals surface area contributed by atoms with Gasteiger partial charge in [0, 0.05) is 22.7 Å². The van der Waals surface area contributed by atoms with Gasteiger partial charge in [-0.15, -0.1) is 12.4 Å². The van der Waals surface area contributed by atoms with Crippen LogP contribution in [0, 0.1) is 0 Å². The zero-order valence-electron chi connectivity index (χ0n) is 16.4. The van der Waals surface area contributed by atoms with E-state index in [1.807, 2.05) is 24.3 Å². The van der Waals surface area contributed by atoms with Gasteiger partial charge in [0.05, 0.1) is 0 Å². The smallest absolute Gasteiger partial charge is 0.124 e. The van der Waals surface area contributed by atoms with Crippen molar-refractivity contribution in [2.24, 2.45) is 0 Å². The third-order valence-electron chi connectivity index (χ3n) is 4.85. The number of hydrogen-bond donors (Lipinski definition) is 1. The van der Waals surface area contributed by atoms with Gasteiger partial charge in [-0.05, 0) is 35.9 Å². The molecule has 0 aliphatic heterocycles. The van der Waals surface area contributed by atoms with Crippen molar-refractivity contribution in [3.05, 3.63) is 76.8 Å². The van der Waals surface area contributed by atoms with Crippen LogP contribution < -0.4 is 10.1 Å². The number of ether oxygens (including phenoxy) is 1. The van der Waals surface area contributed by atoms with Crippen LogP contribution in [0.25, 0.3) is 10.8 Å². The van der Waals surface area contributed by atoms with Gasteiger partial charge in [0.1, 0.15) is 12.4 Å². The molecule has 0 saturated carbocycles. The van der Waals surface area contributed by atoms with Gasteiger partial charge in [0.2, 0.25) is 0 Å². The molecule has 150 valence electrons. The number of unbranched alkanes of at least 4 members (excludes halogenated alkanes) is 3. The van der Waals surface area contributed by atoms with E-state index in [0.29, 0.717) is 6.61 Å². The molecule has 0 bridgehead atoms. The Bertz CT molecular complexity index is 866. The predicted octanol–water partition coefficient (Wildman–Crippen LogP) is 7.16. The maximum absolute atomic E-state index is 6.28. The molecule has 3 rings (SSSR count). The van der Waals surface area contributed by atoms with Crippen LogP contribution >= 0.6 is 24.0 Å². The van der Waals surface area contributed by atoms with Gasteiger partial charge >= 0.3 is 0 Å². The van der Waals surface area contributed by atoms with Gasteiger partial charge in [-0.2, -0.15) is 0 Å². The molecule has 0 aliphatic rings. The average Bonchev–Trinajstić information content (AvgIpc) is 2.70. The Kier molecular flexibility index (Phi) is 9.63. The molecule has 0 aromatic heterocycles. The van der Waals surface area contributed by atoms with Crippen molar-refractivity contribution in [1.29, 1.82) is 0 Å². The predicted molar refractivity (Wildman–Crippen MR) is 123 cm³/mol. The van der Waals surface area contributed by atoms with Crippen LogP contribution in [0.2, 0.25) is 5.02 Å². The van der Waals surface area contributed by atoms with Gasteiger partial charge in [-0.3, -0.25) is 0 Å². The fraction of sp³-hybridized carbons (Fsp3) is 0.333. The summed E-state index contributed by atoms with van der Waals surface area (Å²) >= 11 is 6.28. The van der Waals surface area contributed by atoms with Crippen molar-refractivity contribution in [3.8, 4) is 5.75 Å². The summed E-state index contributed by atoms with van der Waals surface area (Å²) in [6.45, 7) is 4.56. The molecule has 4 heteroatoms. The van der Waals surface area contributed by atoms with Crippen molar-refractivity contribution in [1.82, 2.24) is 5.32 Å². The Morgan fingerprint density at radius 3 is 2.50 bits per heavy atom. The number of fused-ring (bicyclic) bond motifs is 1. The Balaban J connectivity index is 0.00000280. The second-order valence-electron chi connectivity index (χ2n) is 6.88. The lowest BCUT2D eigenvalue weighted by Crippen LogP contribution is -2.16. The van der Waals surface area contributed by atoms with E-state index in [-0.39, 0.29) is 12.4 Å². The quantitative estimate of drug-likeness (QED) is 0.353. The molecule has 0 aliphatic carbocycles. The summed E-state index contributed by atoms with van der Waals surface area (Å²) in [6, 6.07) is 20.5. The van der Waals surface area contributed by atoms with Crippen molar-refractivity contribution in [2.75, 3.05) is 6.54 Å². The fourth-order valence-electron chi connectivity index (χ4n) is 3.29. The first-order chi connectivity index (χ1) is 13.3. The van der Waals surface area contributed by atoms with E-state index in [4.69, 9.17) is 16.3 Å². The van der Waals surface area contributed by atoms with Crippen molar-refractivity contribution < 1.29 is 4.74 Å². The minimum atomic E-state index is 0. The number of halogens is 2. The Morgan fingerprint density at radius 2 is 1.68 bits per heavy atom. The lowest BCUT2D eigenvalue weighted by atomic mass is 10.0. The molecule has 2 nitrogen and oxygen atoms in total. The van der Waals surface area contributed by atoms with Crippen LogP contribution in [0.15, 0.2) is 60.7 Å². The van der Waals surface area contributed by atoms with Gasteiger partial charge in [-0.25, -0.2) is 0 Å². The van der Waals surface area contributed by atoms with Crippen molar-refractivity contribution in [3.63, 3.8) is 0 Å². The van der Waals surface area contributed by atoms with Crippen LogP contribution in [0.3, 0.4) is 0 Å². The highest BCUT2D eigenvalue weighted by Gasteiger charge is 2.10. The molecule has 3 aromatic rings. The highest BCUT2D eigenvalue weighted by atomic mass is 35.5. The summed E-state index contributed by atoms with van der Waals surface area (Å²) in [7, 11) is 0. The molecule has 0 radical (unpaired) electrons. The van der Waals surface area contributed by atoms with E-state index in [1.165, 1.54) is 42.0 Å². The fourth-order valence-corrected chi connectivity index (χ4v) is 3.48. The zero-order chi connectivity index (χ0) is 18.9. The summed E-state index contributed by atoms with van der Waals surface area (Å²) in [4.78, 5) is 0. The maximum atomic E-state index is 6.28. The van der Waals surface area contributed by atoms with Gasteiger partial charge in [0.25, 0.3) is 0 Å². The third kappa shape index (κ3) is 6.13. The van der Waals surface area contributed by atoms with E-state index in [1.54, 1.807) is 0 Å².